The summed E-state index contributed by atoms with van der Waals surface area (Å²) in [5, 5.41) is 5.14. The number of nitrogens with zero attached hydrogens (tertiary/aromatic N) is 4. The Kier molecular flexibility index (Phi) is 8.64. The van der Waals surface area contributed by atoms with Crippen molar-refractivity contribution in [3.05, 3.63) is 112 Å². The largest absolute Gasteiger partial charge is 0.454 e. The average Bonchev–Trinajstić information content (AvgIpc) is 3.43. The molecule has 2 N–H and O–H groups in total. The number of halogens is 2. The van der Waals surface area contributed by atoms with E-state index in [9.17, 15) is 23.2 Å². The zero-order valence-corrected chi connectivity index (χ0v) is 23.7. The molecule has 3 heterocycles. The summed E-state index contributed by atoms with van der Waals surface area (Å²) >= 11 is 1.20. The van der Waals surface area contributed by atoms with Gasteiger partial charge in [-0.25, -0.2) is 18.7 Å². The number of rotatable bonds is 9. The van der Waals surface area contributed by atoms with Crippen LogP contribution in [-0.2, 0) is 4.79 Å². The van der Waals surface area contributed by atoms with Gasteiger partial charge in [0.25, 0.3) is 11.5 Å². The molecule has 2 amide bonds. The Labute approximate surface area is 247 Å². The molecule has 0 bridgehead atoms. The van der Waals surface area contributed by atoms with Crippen LogP contribution in [0.2, 0.25) is 0 Å². The van der Waals surface area contributed by atoms with Crippen LogP contribution >= 0.6 is 11.3 Å². The minimum absolute atomic E-state index is 0.0770. The number of likely N-dealkylation sites (N-methyl/N-ethyl adjacent to an activating group) is 1. The third-order valence-corrected chi connectivity index (χ3v) is 6.79. The van der Waals surface area contributed by atoms with Crippen molar-refractivity contribution in [2.24, 2.45) is 0 Å². The van der Waals surface area contributed by atoms with Gasteiger partial charge in [-0.05, 0) is 62.6 Å². The maximum Gasteiger partial charge on any atom is 0.269 e. The van der Waals surface area contributed by atoms with Gasteiger partial charge >= 0.3 is 0 Å². The minimum atomic E-state index is -0.787. The van der Waals surface area contributed by atoms with Gasteiger partial charge in [0, 0.05) is 36.6 Å². The lowest BCUT2D eigenvalue weighted by Gasteiger charge is -2.12. The van der Waals surface area contributed by atoms with Crippen molar-refractivity contribution >= 4 is 45.0 Å². The molecule has 0 spiro atoms. The van der Waals surface area contributed by atoms with Gasteiger partial charge < -0.3 is 20.3 Å². The fourth-order valence-electron chi connectivity index (χ4n) is 3.98. The summed E-state index contributed by atoms with van der Waals surface area (Å²) in [4.78, 5) is 49.3. The minimum Gasteiger partial charge on any atom is -0.454 e. The third-order valence-electron chi connectivity index (χ3n) is 5.96. The van der Waals surface area contributed by atoms with Crippen molar-refractivity contribution in [2.45, 2.75) is 0 Å². The maximum absolute atomic E-state index is 15.0. The molecule has 0 aliphatic rings. The number of hydrogen-bond donors (Lipinski definition) is 2. The molecular weight excluding hydrogens is 578 g/mol. The second-order valence-corrected chi connectivity index (χ2v) is 10.3. The molecule has 3 aromatic heterocycles. The summed E-state index contributed by atoms with van der Waals surface area (Å²) < 4.78 is 35.4. The van der Waals surface area contributed by atoms with Crippen molar-refractivity contribution in [1.29, 1.82) is 0 Å². The van der Waals surface area contributed by atoms with Crippen LogP contribution in [0.3, 0.4) is 0 Å². The lowest BCUT2D eigenvalue weighted by Crippen LogP contribution is -2.28. The number of thiazole rings is 1. The Morgan fingerprint density at radius 2 is 1.81 bits per heavy atom. The summed E-state index contributed by atoms with van der Waals surface area (Å²) in [7, 11) is 3.75. The van der Waals surface area contributed by atoms with E-state index in [4.69, 9.17) is 4.74 Å². The first-order valence-corrected chi connectivity index (χ1v) is 13.7. The highest BCUT2D eigenvalue weighted by Gasteiger charge is 2.19. The van der Waals surface area contributed by atoms with Gasteiger partial charge in [0.15, 0.2) is 11.6 Å². The predicted octanol–water partition coefficient (Wildman–Crippen LogP) is 5.22. The van der Waals surface area contributed by atoms with Gasteiger partial charge in [-0.15, -0.1) is 11.3 Å². The Balaban J connectivity index is 1.32. The number of anilines is 2. The number of carbonyl (C=O) groups is 2. The van der Waals surface area contributed by atoms with Crippen molar-refractivity contribution < 1.29 is 23.1 Å². The van der Waals surface area contributed by atoms with E-state index in [0.717, 1.165) is 6.07 Å². The first-order valence-electron chi connectivity index (χ1n) is 12.8. The molecule has 2 aromatic carbocycles. The molecule has 0 aliphatic carbocycles. The summed E-state index contributed by atoms with van der Waals surface area (Å²) in [6.45, 7) is 0.592. The molecule has 0 saturated carbocycles. The fourth-order valence-corrected chi connectivity index (χ4v) is 4.77. The lowest BCUT2D eigenvalue weighted by atomic mass is 10.2. The number of ether oxygens (including phenoxy) is 1. The predicted molar refractivity (Wildman–Crippen MR) is 160 cm³/mol. The van der Waals surface area contributed by atoms with Crippen LogP contribution in [0.4, 0.5) is 20.3 Å². The number of pyridine rings is 2. The van der Waals surface area contributed by atoms with E-state index in [2.05, 4.69) is 20.6 Å². The van der Waals surface area contributed by atoms with Crippen molar-refractivity contribution in [1.82, 2.24) is 19.4 Å². The molecule has 0 saturated heterocycles. The average molecular weight is 603 g/mol. The number of hydrogen-bond acceptors (Lipinski definition) is 8. The second kappa shape index (κ2) is 12.7. The molecule has 0 atom stereocenters. The molecule has 5 aromatic rings. The Morgan fingerprint density at radius 3 is 2.56 bits per heavy atom. The topological polar surface area (TPSA) is 118 Å². The molecule has 0 radical (unpaired) electrons. The normalized spacial score (nSPS) is 11.3. The molecule has 5 rings (SSSR count). The van der Waals surface area contributed by atoms with Crippen molar-refractivity contribution in [3.8, 4) is 17.2 Å². The number of nitrogens with one attached hydrogen (secondary N) is 2. The van der Waals surface area contributed by atoms with Crippen LogP contribution in [0.15, 0.2) is 89.3 Å². The molecule has 218 valence electrons. The highest BCUT2D eigenvalue weighted by atomic mass is 32.1. The molecule has 0 aliphatic heterocycles. The number of aromatic nitrogens is 3. The van der Waals surface area contributed by atoms with E-state index in [0.29, 0.717) is 22.6 Å². The van der Waals surface area contributed by atoms with E-state index in [1.54, 1.807) is 6.08 Å². The molecule has 0 unspecified atom stereocenters. The fraction of sp³-hybridized carbons (Fsp3) is 0.100. The van der Waals surface area contributed by atoms with E-state index in [1.165, 1.54) is 88.3 Å². The molecule has 10 nitrogen and oxygen atoms in total. The first-order chi connectivity index (χ1) is 20.7. The van der Waals surface area contributed by atoms with Gasteiger partial charge in [-0.3, -0.25) is 19.0 Å². The Morgan fingerprint density at radius 1 is 1.02 bits per heavy atom. The van der Waals surface area contributed by atoms with Crippen LogP contribution < -0.4 is 20.9 Å². The van der Waals surface area contributed by atoms with Crippen LogP contribution in [-0.4, -0.2) is 51.9 Å². The summed E-state index contributed by atoms with van der Waals surface area (Å²) in [5.74, 6) is -2.13. The summed E-state index contributed by atoms with van der Waals surface area (Å²) in [6.07, 6.45) is 4.48. The zero-order valence-electron chi connectivity index (χ0n) is 22.9. The smallest absolute Gasteiger partial charge is 0.269 e. The quantitative estimate of drug-likeness (QED) is 0.222. The monoisotopic (exact) mass is 602 g/mol. The van der Waals surface area contributed by atoms with Crippen LogP contribution in [0, 0.1) is 11.6 Å². The van der Waals surface area contributed by atoms with E-state index in [-0.39, 0.29) is 34.5 Å². The molecule has 13 heteroatoms. The Bertz CT molecular complexity index is 1900. The van der Waals surface area contributed by atoms with Gasteiger partial charge in [0.2, 0.25) is 5.91 Å². The highest BCUT2D eigenvalue weighted by Crippen LogP contribution is 2.28. The summed E-state index contributed by atoms with van der Waals surface area (Å²) in [5.41, 5.74) is 1.49. The standard InChI is InChI=1S/C30H24F2N6O4S/c1-37(2)13-3-4-27(39)36-26-15-21(11-12-33-26)42-25-10-7-19(14-23(25)32)35-28(40)22-16-24-30(43-17-34-24)38(29(22)41)20-8-5-18(31)6-9-20/h3-12,14-17H,13H2,1-2H3,(H,35,40)(H,33,36,39)/b4-3+. The highest BCUT2D eigenvalue weighted by molar-refractivity contribution is 7.16. The van der Waals surface area contributed by atoms with Gasteiger partial charge in [0.1, 0.15) is 27.8 Å². The third kappa shape index (κ3) is 6.97. The maximum atomic E-state index is 15.0. The Hall–Kier alpha value is -5.27. The number of carbonyl (C=O) groups excluding carboxylic acids is 2. The van der Waals surface area contributed by atoms with Gasteiger partial charge in [0.05, 0.1) is 16.7 Å². The zero-order chi connectivity index (χ0) is 30.5. The van der Waals surface area contributed by atoms with Crippen molar-refractivity contribution in [3.63, 3.8) is 0 Å². The van der Waals surface area contributed by atoms with Crippen LogP contribution in [0.5, 0.6) is 11.5 Å². The number of fused-ring (bicyclic) bond motifs is 1. The van der Waals surface area contributed by atoms with Gasteiger partial charge in [-0.2, -0.15) is 0 Å². The van der Waals surface area contributed by atoms with E-state index in [1.807, 2.05) is 19.0 Å². The summed E-state index contributed by atoms with van der Waals surface area (Å²) in [6, 6.07) is 13.3. The first kappa shape index (κ1) is 29.2. The molecular formula is C30H24F2N6O4S. The molecule has 0 fully saturated rings. The number of benzene rings is 2. The van der Waals surface area contributed by atoms with Crippen LogP contribution in [0.25, 0.3) is 16.0 Å². The van der Waals surface area contributed by atoms with Gasteiger partial charge in [-0.1, -0.05) is 6.08 Å². The number of amides is 2. The van der Waals surface area contributed by atoms with E-state index >= 15 is 0 Å². The van der Waals surface area contributed by atoms with Crippen molar-refractivity contribution in [2.75, 3.05) is 31.3 Å². The second-order valence-electron chi connectivity index (χ2n) is 9.45. The van der Waals surface area contributed by atoms with Crippen LogP contribution in [0.1, 0.15) is 10.4 Å². The SMILES string of the molecule is CN(C)C/C=C/C(=O)Nc1cc(Oc2ccc(NC(=O)c3cc4ncsc4n(-c4ccc(F)cc4)c3=O)cc2F)ccn1. The lowest BCUT2D eigenvalue weighted by molar-refractivity contribution is -0.111. The molecule has 43 heavy (non-hydrogen) atoms. The van der Waals surface area contributed by atoms with E-state index < -0.39 is 23.1 Å².